The summed E-state index contributed by atoms with van der Waals surface area (Å²) in [6, 6.07) is 13.1. The molecule has 1 saturated heterocycles. The van der Waals surface area contributed by atoms with E-state index in [4.69, 9.17) is 10.7 Å². The Morgan fingerprint density at radius 2 is 1.74 bits per heavy atom. The molecule has 2 N–H and O–H groups in total. The van der Waals surface area contributed by atoms with Crippen LogP contribution in [0.2, 0.25) is 0 Å². The number of hydrogen-bond acceptors (Lipinski definition) is 5. The van der Waals surface area contributed by atoms with Crippen molar-refractivity contribution in [3.63, 3.8) is 0 Å². The number of likely N-dealkylation sites (tertiary alicyclic amines) is 1. The Kier molecular flexibility index (Phi) is 5.98. The Balaban J connectivity index is 1.44. The van der Waals surface area contributed by atoms with Gasteiger partial charge in [-0.3, -0.25) is 9.78 Å². The van der Waals surface area contributed by atoms with Crippen LogP contribution in [0.3, 0.4) is 0 Å². The van der Waals surface area contributed by atoms with E-state index >= 15 is 0 Å². The van der Waals surface area contributed by atoms with Gasteiger partial charge in [-0.05, 0) is 63.3 Å². The second kappa shape index (κ2) is 8.84. The first-order chi connectivity index (χ1) is 14.9. The van der Waals surface area contributed by atoms with E-state index in [0.717, 1.165) is 30.7 Å². The second-order valence-electron chi connectivity index (χ2n) is 8.50. The van der Waals surface area contributed by atoms with Crippen LogP contribution < -0.4 is 5.73 Å². The maximum Gasteiger partial charge on any atom is 0.257 e. The number of nitrogens with two attached hydrogens (primary N) is 1. The van der Waals surface area contributed by atoms with Crippen molar-refractivity contribution in [3.8, 4) is 0 Å². The lowest BCUT2D eigenvalue weighted by Gasteiger charge is -2.32. The molecule has 160 valence electrons. The van der Waals surface area contributed by atoms with E-state index < -0.39 is 0 Å². The summed E-state index contributed by atoms with van der Waals surface area (Å²) in [5.74, 6) is 0.539. The van der Waals surface area contributed by atoms with Crippen molar-refractivity contribution < 1.29 is 4.79 Å². The summed E-state index contributed by atoms with van der Waals surface area (Å²) in [5, 5.41) is 0. The number of anilines is 1. The van der Waals surface area contributed by atoms with Gasteiger partial charge in [-0.2, -0.15) is 0 Å². The highest BCUT2D eigenvalue weighted by atomic mass is 16.2. The molecule has 3 heterocycles. The van der Waals surface area contributed by atoms with Crippen molar-refractivity contribution in [2.24, 2.45) is 0 Å². The molecule has 3 aromatic rings. The van der Waals surface area contributed by atoms with Crippen LogP contribution in [0.4, 0.5) is 5.95 Å². The molecular formula is C25H29N5O. The fourth-order valence-corrected chi connectivity index (χ4v) is 4.26. The van der Waals surface area contributed by atoms with E-state index in [0.29, 0.717) is 30.3 Å². The van der Waals surface area contributed by atoms with Crippen LogP contribution in [-0.2, 0) is 6.42 Å². The molecule has 0 radical (unpaired) electrons. The summed E-state index contributed by atoms with van der Waals surface area (Å²) >= 11 is 0. The average Bonchev–Trinajstić information content (AvgIpc) is 2.75. The molecule has 0 atom stereocenters. The molecule has 1 aliphatic rings. The number of pyridine rings is 1. The quantitative estimate of drug-likeness (QED) is 0.696. The summed E-state index contributed by atoms with van der Waals surface area (Å²) in [7, 11) is 0. The van der Waals surface area contributed by atoms with Crippen LogP contribution in [0.25, 0.3) is 0 Å². The number of carbonyl (C=O) groups is 1. The first-order valence-corrected chi connectivity index (χ1v) is 10.8. The minimum Gasteiger partial charge on any atom is -0.368 e. The van der Waals surface area contributed by atoms with Gasteiger partial charge in [-0.1, -0.05) is 29.8 Å². The number of carbonyl (C=O) groups excluding carboxylic acids is 1. The molecule has 2 aromatic heterocycles. The Morgan fingerprint density at radius 1 is 1.03 bits per heavy atom. The van der Waals surface area contributed by atoms with E-state index in [-0.39, 0.29) is 11.9 Å². The minimum atomic E-state index is -0.0202. The lowest BCUT2D eigenvalue weighted by Crippen LogP contribution is -2.38. The van der Waals surface area contributed by atoms with Crippen LogP contribution in [0, 0.1) is 20.8 Å². The largest absolute Gasteiger partial charge is 0.368 e. The number of hydrogen-bond donors (Lipinski definition) is 1. The molecule has 0 spiro atoms. The van der Waals surface area contributed by atoms with Crippen molar-refractivity contribution in [3.05, 3.63) is 81.9 Å². The van der Waals surface area contributed by atoms with Gasteiger partial charge < -0.3 is 10.6 Å². The third-order valence-electron chi connectivity index (χ3n) is 5.99. The zero-order valence-corrected chi connectivity index (χ0v) is 18.4. The number of nitrogen functional groups attached to an aromatic ring is 1. The number of nitrogens with zero attached hydrogens (tertiary/aromatic N) is 4. The van der Waals surface area contributed by atoms with E-state index in [1.165, 1.54) is 22.9 Å². The van der Waals surface area contributed by atoms with Crippen LogP contribution in [-0.4, -0.2) is 38.8 Å². The highest BCUT2D eigenvalue weighted by molar-refractivity contribution is 5.95. The topological polar surface area (TPSA) is 85.0 Å². The van der Waals surface area contributed by atoms with Gasteiger partial charge in [0.2, 0.25) is 5.95 Å². The van der Waals surface area contributed by atoms with Crippen LogP contribution >= 0.6 is 0 Å². The van der Waals surface area contributed by atoms with Gasteiger partial charge in [0, 0.05) is 36.6 Å². The summed E-state index contributed by atoms with van der Waals surface area (Å²) < 4.78 is 0. The zero-order valence-electron chi connectivity index (χ0n) is 18.4. The third-order valence-corrected chi connectivity index (χ3v) is 5.99. The highest BCUT2D eigenvalue weighted by Gasteiger charge is 2.27. The molecule has 31 heavy (non-hydrogen) atoms. The van der Waals surface area contributed by atoms with Crippen LogP contribution in [0.1, 0.15) is 62.9 Å². The molecule has 4 rings (SSSR count). The van der Waals surface area contributed by atoms with E-state index in [1.54, 1.807) is 6.92 Å². The molecule has 6 heteroatoms. The predicted molar refractivity (Wildman–Crippen MR) is 122 cm³/mol. The smallest absolute Gasteiger partial charge is 0.257 e. The van der Waals surface area contributed by atoms with Crippen molar-refractivity contribution in [2.45, 2.75) is 46.0 Å². The lowest BCUT2D eigenvalue weighted by atomic mass is 9.91. The van der Waals surface area contributed by atoms with Crippen molar-refractivity contribution in [1.82, 2.24) is 19.9 Å². The first-order valence-electron chi connectivity index (χ1n) is 10.8. The molecule has 1 fully saturated rings. The van der Waals surface area contributed by atoms with Crippen LogP contribution in [0.15, 0.2) is 42.6 Å². The van der Waals surface area contributed by atoms with Crippen molar-refractivity contribution in [2.75, 3.05) is 18.8 Å². The van der Waals surface area contributed by atoms with Gasteiger partial charge in [-0.15, -0.1) is 0 Å². The number of aryl methyl sites for hydroxylation is 3. The maximum atomic E-state index is 12.9. The summed E-state index contributed by atoms with van der Waals surface area (Å²) in [4.78, 5) is 27.7. The number of benzene rings is 1. The fraction of sp³-hybridized carbons (Fsp3) is 0.360. The Hall–Kier alpha value is -3.28. The lowest BCUT2D eigenvalue weighted by molar-refractivity contribution is 0.0710. The van der Waals surface area contributed by atoms with Gasteiger partial charge in [0.15, 0.2) is 0 Å². The molecule has 0 bridgehead atoms. The highest BCUT2D eigenvalue weighted by Crippen LogP contribution is 2.29. The van der Waals surface area contributed by atoms with Gasteiger partial charge in [0.05, 0.1) is 11.3 Å². The SMILES string of the molecule is Cc1ccc(Cc2cc(C)nc(C3CCN(C(=O)c4cnc(N)nc4C)CC3)c2)cc1. The van der Waals surface area contributed by atoms with Crippen molar-refractivity contribution >= 4 is 11.9 Å². The molecule has 1 aromatic carbocycles. The first kappa shape index (κ1) is 21.0. The minimum absolute atomic E-state index is 0.0202. The van der Waals surface area contributed by atoms with E-state index in [9.17, 15) is 4.79 Å². The fourth-order valence-electron chi connectivity index (χ4n) is 4.26. The molecule has 0 saturated carbocycles. The molecule has 0 aliphatic carbocycles. The number of aromatic nitrogens is 3. The molecular weight excluding hydrogens is 386 g/mol. The molecule has 1 aliphatic heterocycles. The number of amides is 1. The summed E-state index contributed by atoms with van der Waals surface area (Å²) in [6.07, 6.45) is 4.25. The van der Waals surface area contributed by atoms with Gasteiger partial charge >= 0.3 is 0 Å². The maximum absolute atomic E-state index is 12.9. The Bertz CT molecular complexity index is 1090. The number of piperidine rings is 1. The van der Waals surface area contributed by atoms with Crippen LogP contribution in [0.5, 0.6) is 0 Å². The average molecular weight is 416 g/mol. The Labute approximate surface area is 183 Å². The molecule has 0 unspecified atom stereocenters. The monoisotopic (exact) mass is 415 g/mol. The predicted octanol–water partition coefficient (Wildman–Crippen LogP) is 3.99. The Morgan fingerprint density at radius 3 is 2.42 bits per heavy atom. The normalized spacial score (nSPS) is 14.6. The standard InChI is InChI=1S/C25H29N5O/c1-16-4-6-19(7-5-16)13-20-12-17(2)28-23(14-20)21-8-10-30(11-9-21)24(31)22-15-27-25(26)29-18(22)3/h4-7,12,14-15,21H,8-11,13H2,1-3H3,(H2,26,27,29). The third kappa shape index (κ3) is 4.90. The summed E-state index contributed by atoms with van der Waals surface area (Å²) in [5.41, 5.74) is 12.8. The number of rotatable bonds is 4. The van der Waals surface area contributed by atoms with Crippen molar-refractivity contribution in [1.29, 1.82) is 0 Å². The van der Waals surface area contributed by atoms with E-state index in [1.807, 2.05) is 4.90 Å². The van der Waals surface area contributed by atoms with E-state index in [2.05, 4.69) is 60.2 Å². The summed E-state index contributed by atoms with van der Waals surface area (Å²) in [6.45, 7) is 7.37. The van der Waals surface area contributed by atoms with Gasteiger partial charge in [0.1, 0.15) is 0 Å². The zero-order chi connectivity index (χ0) is 22.0. The van der Waals surface area contributed by atoms with Gasteiger partial charge in [0.25, 0.3) is 5.91 Å². The molecule has 1 amide bonds. The second-order valence-corrected chi connectivity index (χ2v) is 8.50. The van der Waals surface area contributed by atoms with Gasteiger partial charge in [-0.25, -0.2) is 9.97 Å². The molecule has 6 nitrogen and oxygen atoms in total.